The maximum absolute atomic E-state index is 12.7. The van der Waals surface area contributed by atoms with Gasteiger partial charge in [-0.3, -0.25) is 0 Å². The number of unbranched alkanes of at least 4 members (excludes halogenated alkanes) is 22. The van der Waals surface area contributed by atoms with Crippen molar-refractivity contribution in [1.82, 2.24) is 0 Å². The van der Waals surface area contributed by atoms with E-state index in [0.717, 1.165) is 80.9 Å². The van der Waals surface area contributed by atoms with Gasteiger partial charge in [0.1, 0.15) is 5.56 Å². The molecule has 46 heavy (non-hydrogen) atoms. The second-order valence-electron chi connectivity index (χ2n) is 13.7. The molecular formula is C41H74O5. The van der Waals surface area contributed by atoms with Gasteiger partial charge in [0.2, 0.25) is 5.75 Å². The van der Waals surface area contributed by atoms with Crippen LogP contribution in [0.15, 0.2) is 0 Å². The first-order valence-electron chi connectivity index (χ1n) is 19.9. The van der Waals surface area contributed by atoms with Gasteiger partial charge in [-0.1, -0.05) is 169 Å². The van der Waals surface area contributed by atoms with Gasteiger partial charge in [-0.15, -0.1) is 0 Å². The zero-order valence-corrected chi connectivity index (χ0v) is 30.8. The van der Waals surface area contributed by atoms with Crippen LogP contribution in [0.25, 0.3) is 0 Å². The monoisotopic (exact) mass is 647 g/mol. The molecule has 0 heterocycles. The lowest BCUT2D eigenvalue weighted by Gasteiger charge is -2.23. The summed E-state index contributed by atoms with van der Waals surface area (Å²) < 4.78 is 0. The van der Waals surface area contributed by atoms with Crippen LogP contribution in [0.3, 0.4) is 0 Å². The highest BCUT2D eigenvalue weighted by Gasteiger charge is 2.28. The molecule has 1 rings (SSSR count). The van der Waals surface area contributed by atoms with Gasteiger partial charge < -0.3 is 15.1 Å². The highest BCUT2D eigenvalue weighted by Crippen LogP contribution is 2.42. The van der Waals surface area contributed by atoms with Gasteiger partial charge in [0.15, 0.2) is 5.75 Å². The molecule has 1 aromatic carbocycles. The summed E-state index contributed by atoms with van der Waals surface area (Å²) in [5, 5.41) is 21.9. The highest BCUT2D eigenvalue weighted by molar-refractivity contribution is 5.94. The lowest BCUT2D eigenvalue weighted by molar-refractivity contribution is -0.208. The van der Waals surface area contributed by atoms with Crippen molar-refractivity contribution in [1.29, 1.82) is 0 Å². The number of carboxylic acid groups (broad SMARTS) is 1. The van der Waals surface area contributed by atoms with Gasteiger partial charge in [0.05, 0.1) is 6.61 Å². The predicted octanol–water partition coefficient (Wildman–Crippen LogP) is 13.3. The SMILES string of the molecule is CCCCCCCCCCOOc1c(O)c(C(=O)O)c(CCCCCCCC)c(CCCCCCCC)c1CCCCCCCC. The van der Waals surface area contributed by atoms with Crippen LogP contribution in [0.1, 0.15) is 222 Å². The molecule has 0 spiro atoms. The number of aromatic carboxylic acids is 1. The summed E-state index contributed by atoms with van der Waals surface area (Å²) >= 11 is 0. The molecular weight excluding hydrogens is 572 g/mol. The summed E-state index contributed by atoms with van der Waals surface area (Å²) in [7, 11) is 0. The van der Waals surface area contributed by atoms with E-state index >= 15 is 0 Å². The van der Waals surface area contributed by atoms with Crippen molar-refractivity contribution >= 4 is 5.97 Å². The van der Waals surface area contributed by atoms with Gasteiger partial charge >= 0.3 is 5.97 Å². The van der Waals surface area contributed by atoms with Crippen molar-refractivity contribution in [3.05, 3.63) is 22.3 Å². The fraction of sp³-hybridized carbons (Fsp3) is 0.829. The van der Waals surface area contributed by atoms with Crippen LogP contribution in [0.4, 0.5) is 0 Å². The van der Waals surface area contributed by atoms with Crippen LogP contribution >= 0.6 is 0 Å². The number of aromatic hydroxyl groups is 1. The van der Waals surface area contributed by atoms with E-state index in [1.807, 2.05) is 0 Å². The van der Waals surface area contributed by atoms with Gasteiger partial charge in [-0.05, 0) is 56.1 Å². The second-order valence-corrected chi connectivity index (χ2v) is 13.7. The van der Waals surface area contributed by atoms with E-state index in [-0.39, 0.29) is 17.1 Å². The Kier molecular flexibility index (Phi) is 27.0. The van der Waals surface area contributed by atoms with Crippen molar-refractivity contribution < 1.29 is 24.8 Å². The highest BCUT2D eigenvalue weighted by atomic mass is 17.2. The molecule has 0 aromatic heterocycles. The number of hydrogen-bond donors (Lipinski definition) is 2. The van der Waals surface area contributed by atoms with E-state index in [1.165, 1.54) is 116 Å². The molecule has 0 aliphatic rings. The van der Waals surface area contributed by atoms with E-state index in [4.69, 9.17) is 9.78 Å². The zero-order valence-electron chi connectivity index (χ0n) is 30.8. The van der Waals surface area contributed by atoms with E-state index < -0.39 is 5.97 Å². The van der Waals surface area contributed by atoms with Crippen molar-refractivity contribution in [3.63, 3.8) is 0 Å². The summed E-state index contributed by atoms with van der Waals surface area (Å²) in [6.45, 7) is 9.40. The minimum Gasteiger partial charge on any atom is -0.504 e. The molecule has 0 aliphatic heterocycles. The molecule has 2 N–H and O–H groups in total. The van der Waals surface area contributed by atoms with E-state index in [2.05, 4.69) is 27.7 Å². The molecule has 5 nitrogen and oxygen atoms in total. The van der Waals surface area contributed by atoms with Crippen molar-refractivity contribution in [2.24, 2.45) is 0 Å². The number of phenols is 1. The number of carboxylic acids is 1. The van der Waals surface area contributed by atoms with Crippen molar-refractivity contribution in [3.8, 4) is 11.5 Å². The lowest BCUT2D eigenvalue weighted by Crippen LogP contribution is -2.14. The van der Waals surface area contributed by atoms with Gasteiger partial charge in [0, 0.05) is 5.56 Å². The number of hydrogen-bond acceptors (Lipinski definition) is 4. The Balaban J connectivity index is 3.22. The standard InChI is InChI=1S/C41H74O5/c1-5-9-13-17-21-22-26-30-34-45-46-40-37(33-29-25-20-16-12-8-4)35(31-27-23-18-14-10-6-2)36(38(39(40)42)41(43)44)32-28-24-19-15-11-7-3/h42H,5-34H2,1-4H3,(H,43,44). The molecule has 268 valence electrons. The van der Waals surface area contributed by atoms with E-state index in [9.17, 15) is 15.0 Å². The third-order valence-electron chi connectivity index (χ3n) is 9.53. The normalized spacial score (nSPS) is 11.4. The lowest BCUT2D eigenvalue weighted by atomic mass is 9.85. The Morgan fingerprint density at radius 3 is 1.24 bits per heavy atom. The smallest absolute Gasteiger partial charge is 0.339 e. The quantitative estimate of drug-likeness (QED) is 0.0451. The first-order valence-corrected chi connectivity index (χ1v) is 19.9. The zero-order chi connectivity index (χ0) is 33.7. The van der Waals surface area contributed by atoms with Crippen molar-refractivity contribution in [2.45, 2.75) is 214 Å². The third kappa shape index (κ3) is 18.6. The Morgan fingerprint density at radius 1 is 0.478 bits per heavy atom. The summed E-state index contributed by atoms with van der Waals surface area (Å²) in [6.07, 6.45) is 33.0. The fourth-order valence-electron chi connectivity index (χ4n) is 6.67. The van der Waals surface area contributed by atoms with Crippen LogP contribution in [0.2, 0.25) is 0 Å². The second kappa shape index (κ2) is 29.4. The topological polar surface area (TPSA) is 76.0 Å². The molecule has 0 unspecified atom stereocenters. The van der Waals surface area contributed by atoms with Crippen molar-refractivity contribution in [2.75, 3.05) is 6.61 Å². The Bertz CT molecular complexity index is 880. The fourth-order valence-corrected chi connectivity index (χ4v) is 6.67. The number of carbonyl (C=O) groups is 1. The summed E-state index contributed by atoms with van der Waals surface area (Å²) in [4.78, 5) is 24.4. The average molecular weight is 647 g/mol. The molecule has 5 heteroatoms. The Morgan fingerprint density at radius 2 is 0.826 bits per heavy atom. The Labute approximate surface area is 284 Å². The first-order chi connectivity index (χ1) is 22.5. The van der Waals surface area contributed by atoms with Crippen LogP contribution in [-0.4, -0.2) is 22.8 Å². The van der Waals surface area contributed by atoms with E-state index in [0.29, 0.717) is 13.0 Å². The molecule has 0 saturated heterocycles. The van der Waals surface area contributed by atoms with Crippen LogP contribution < -0.4 is 4.89 Å². The maximum Gasteiger partial charge on any atom is 0.339 e. The molecule has 0 bridgehead atoms. The van der Waals surface area contributed by atoms with Gasteiger partial charge in [-0.25, -0.2) is 4.79 Å². The molecule has 0 saturated carbocycles. The molecule has 0 radical (unpaired) electrons. The first kappa shape index (κ1) is 42.3. The average Bonchev–Trinajstić information content (AvgIpc) is 3.04. The summed E-state index contributed by atoms with van der Waals surface area (Å²) in [5.74, 6) is -1.04. The van der Waals surface area contributed by atoms with E-state index in [1.54, 1.807) is 0 Å². The largest absolute Gasteiger partial charge is 0.504 e. The number of benzene rings is 1. The van der Waals surface area contributed by atoms with Crippen LogP contribution in [-0.2, 0) is 24.2 Å². The van der Waals surface area contributed by atoms with Crippen LogP contribution in [0.5, 0.6) is 11.5 Å². The molecule has 0 atom stereocenters. The maximum atomic E-state index is 12.7. The van der Waals surface area contributed by atoms with Gasteiger partial charge in [0.25, 0.3) is 0 Å². The Hall–Kier alpha value is -1.75. The minimum atomic E-state index is -1.07. The molecule has 0 aliphatic carbocycles. The van der Waals surface area contributed by atoms with Crippen LogP contribution in [0, 0.1) is 0 Å². The molecule has 0 amide bonds. The minimum absolute atomic E-state index is 0.0342. The third-order valence-corrected chi connectivity index (χ3v) is 9.53. The molecule has 1 aromatic rings. The predicted molar refractivity (Wildman–Crippen MR) is 195 cm³/mol. The summed E-state index contributed by atoms with van der Waals surface area (Å²) in [5.41, 5.74) is 2.97. The van der Waals surface area contributed by atoms with Gasteiger partial charge in [-0.2, -0.15) is 4.89 Å². The summed E-state index contributed by atoms with van der Waals surface area (Å²) in [6, 6.07) is 0. The number of rotatable bonds is 33. The molecule has 0 fully saturated rings.